The normalized spacial score (nSPS) is 18.3. The number of pyridine rings is 1. The molecule has 1 aliphatic heterocycles. The number of carbonyl (C=O) groups is 1. The molecule has 1 aromatic heterocycles. The van der Waals surface area contributed by atoms with Crippen molar-refractivity contribution in [3.05, 3.63) is 30.1 Å². The van der Waals surface area contributed by atoms with Crippen LogP contribution in [0.15, 0.2) is 24.5 Å². The third-order valence-electron chi connectivity index (χ3n) is 3.27. The summed E-state index contributed by atoms with van der Waals surface area (Å²) in [7, 11) is 0. The maximum atomic E-state index is 12.0. The Morgan fingerprint density at radius 2 is 2.33 bits per heavy atom. The number of hydrogen-bond donors (Lipinski definition) is 2. The van der Waals surface area contributed by atoms with Gasteiger partial charge in [-0.3, -0.25) is 14.7 Å². The van der Waals surface area contributed by atoms with Crippen LogP contribution in [0.2, 0.25) is 0 Å². The minimum atomic E-state index is -0.0660. The van der Waals surface area contributed by atoms with Crippen molar-refractivity contribution in [2.24, 2.45) is 0 Å². The Hall–Kier alpha value is -1.46. The van der Waals surface area contributed by atoms with Crippen molar-refractivity contribution in [1.82, 2.24) is 20.5 Å². The second-order valence-corrected chi connectivity index (χ2v) is 4.54. The summed E-state index contributed by atoms with van der Waals surface area (Å²) in [5.74, 6) is 0.0840. The summed E-state index contributed by atoms with van der Waals surface area (Å²) in [6, 6.07) is 3.77. The largest absolute Gasteiger partial charge is 0.351 e. The van der Waals surface area contributed by atoms with Gasteiger partial charge in [0.15, 0.2) is 0 Å². The lowest BCUT2D eigenvalue weighted by Gasteiger charge is -2.31. The fraction of sp³-hybridized carbons (Fsp3) is 0.538. The third-order valence-corrected chi connectivity index (χ3v) is 3.27. The number of piperazine rings is 1. The van der Waals surface area contributed by atoms with E-state index < -0.39 is 0 Å². The van der Waals surface area contributed by atoms with Crippen molar-refractivity contribution < 1.29 is 4.79 Å². The number of nitrogens with one attached hydrogen (secondary N) is 2. The first kappa shape index (κ1) is 13.0. The van der Waals surface area contributed by atoms with Gasteiger partial charge < -0.3 is 10.6 Å². The van der Waals surface area contributed by atoms with Crippen molar-refractivity contribution in [3.8, 4) is 0 Å². The average molecular weight is 248 g/mol. The Balaban J connectivity index is 1.80. The quantitative estimate of drug-likeness (QED) is 0.787. The Morgan fingerprint density at radius 3 is 3.00 bits per heavy atom. The zero-order chi connectivity index (χ0) is 12.8. The smallest absolute Gasteiger partial charge is 0.237 e. The Morgan fingerprint density at radius 1 is 1.56 bits per heavy atom. The molecule has 1 atom stereocenters. The molecular weight excluding hydrogens is 228 g/mol. The van der Waals surface area contributed by atoms with Crippen molar-refractivity contribution in [3.63, 3.8) is 0 Å². The van der Waals surface area contributed by atoms with Crippen molar-refractivity contribution in [1.29, 1.82) is 0 Å². The van der Waals surface area contributed by atoms with Crippen LogP contribution in [-0.4, -0.2) is 48.0 Å². The topological polar surface area (TPSA) is 57.3 Å². The van der Waals surface area contributed by atoms with Gasteiger partial charge in [0.1, 0.15) is 0 Å². The minimum Gasteiger partial charge on any atom is -0.351 e. The second kappa shape index (κ2) is 6.47. The summed E-state index contributed by atoms with van der Waals surface area (Å²) in [5.41, 5.74) is 1.03. The SMILES string of the molecule is CC(C(=O)NCc1cccnc1)N1CCNCC1. The molecule has 1 fully saturated rings. The Kier molecular flexibility index (Phi) is 4.66. The maximum absolute atomic E-state index is 12.0. The van der Waals surface area contributed by atoms with E-state index in [4.69, 9.17) is 0 Å². The first-order valence-corrected chi connectivity index (χ1v) is 6.39. The van der Waals surface area contributed by atoms with Crippen LogP contribution in [0.1, 0.15) is 12.5 Å². The predicted molar refractivity (Wildman–Crippen MR) is 70.0 cm³/mol. The first-order valence-electron chi connectivity index (χ1n) is 6.39. The molecule has 0 bridgehead atoms. The van der Waals surface area contributed by atoms with Gasteiger partial charge in [0.2, 0.25) is 5.91 Å². The number of carbonyl (C=O) groups excluding carboxylic acids is 1. The van der Waals surface area contributed by atoms with Gasteiger partial charge in [-0.15, -0.1) is 0 Å². The fourth-order valence-corrected chi connectivity index (χ4v) is 2.07. The van der Waals surface area contributed by atoms with Crippen molar-refractivity contribution in [2.75, 3.05) is 26.2 Å². The number of rotatable bonds is 4. The molecule has 0 spiro atoms. The van der Waals surface area contributed by atoms with Gasteiger partial charge in [0, 0.05) is 45.1 Å². The fourth-order valence-electron chi connectivity index (χ4n) is 2.07. The zero-order valence-electron chi connectivity index (χ0n) is 10.7. The molecule has 0 aliphatic carbocycles. The Bertz CT molecular complexity index is 376. The van der Waals surface area contributed by atoms with E-state index in [1.807, 2.05) is 19.1 Å². The lowest BCUT2D eigenvalue weighted by Crippen LogP contribution is -2.52. The molecule has 5 nitrogen and oxygen atoms in total. The molecule has 1 aromatic rings. The van der Waals surface area contributed by atoms with E-state index in [2.05, 4.69) is 20.5 Å². The molecule has 0 radical (unpaired) electrons. The number of aromatic nitrogens is 1. The molecule has 0 aromatic carbocycles. The predicted octanol–water partition coefficient (Wildman–Crippen LogP) is -0.00850. The third kappa shape index (κ3) is 3.51. The summed E-state index contributed by atoms with van der Waals surface area (Å²) in [6.07, 6.45) is 3.50. The molecule has 2 heterocycles. The first-order chi connectivity index (χ1) is 8.77. The molecule has 98 valence electrons. The van der Waals surface area contributed by atoms with Crippen molar-refractivity contribution >= 4 is 5.91 Å². The van der Waals surface area contributed by atoms with Gasteiger partial charge in [-0.2, -0.15) is 0 Å². The molecule has 18 heavy (non-hydrogen) atoms. The van der Waals surface area contributed by atoms with E-state index in [1.54, 1.807) is 12.4 Å². The molecule has 1 aliphatic rings. The number of amides is 1. The monoisotopic (exact) mass is 248 g/mol. The van der Waals surface area contributed by atoms with Gasteiger partial charge in [-0.25, -0.2) is 0 Å². The molecule has 0 saturated carbocycles. The molecule has 2 N–H and O–H groups in total. The van der Waals surface area contributed by atoms with Gasteiger partial charge in [0.25, 0.3) is 0 Å². The lowest BCUT2D eigenvalue weighted by molar-refractivity contribution is -0.126. The van der Waals surface area contributed by atoms with Crippen molar-refractivity contribution in [2.45, 2.75) is 19.5 Å². The number of hydrogen-bond acceptors (Lipinski definition) is 4. The molecule has 1 unspecified atom stereocenters. The summed E-state index contributed by atoms with van der Waals surface area (Å²) in [6.45, 7) is 6.29. The van der Waals surface area contributed by atoms with Gasteiger partial charge in [-0.1, -0.05) is 6.07 Å². The summed E-state index contributed by atoms with van der Waals surface area (Å²) in [5, 5.41) is 6.24. The highest BCUT2D eigenvalue weighted by Gasteiger charge is 2.22. The highest BCUT2D eigenvalue weighted by Crippen LogP contribution is 2.02. The maximum Gasteiger partial charge on any atom is 0.237 e. The standard InChI is InChI=1S/C13H20N4O/c1-11(17-7-5-14-6-8-17)13(18)16-10-12-3-2-4-15-9-12/h2-4,9,11,14H,5-8,10H2,1H3,(H,16,18). The minimum absolute atomic E-state index is 0.0660. The van der Waals surface area contributed by atoms with Gasteiger partial charge >= 0.3 is 0 Å². The van der Waals surface area contributed by atoms with E-state index in [0.717, 1.165) is 31.7 Å². The Labute approximate surface area is 108 Å². The van der Waals surface area contributed by atoms with Crippen LogP contribution in [0.25, 0.3) is 0 Å². The highest BCUT2D eigenvalue weighted by molar-refractivity contribution is 5.81. The molecule has 1 saturated heterocycles. The van der Waals surface area contributed by atoms with E-state index in [9.17, 15) is 4.79 Å². The molecule has 1 amide bonds. The van der Waals surface area contributed by atoms with E-state index >= 15 is 0 Å². The number of nitrogens with zero attached hydrogens (tertiary/aromatic N) is 2. The van der Waals surface area contributed by atoms with Crippen LogP contribution in [-0.2, 0) is 11.3 Å². The van der Waals surface area contributed by atoms with Crippen LogP contribution in [0.4, 0.5) is 0 Å². The van der Waals surface area contributed by atoms with Crippen LogP contribution in [0.5, 0.6) is 0 Å². The summed E-state index contributed by atoms with van der Waals surface area (Å²) in [4.78, 5) is 18.3. The molecule has 2 rings (SSSR count). The van der Waals surface area contributed by atoms with Gasteiger partial charge in [0.05, 0.1) is 6.04 Å². The van der Waals surface area contributed by atoms with Crippen LogP contribution in [0.3, 0.4) is 0 Å². The van der Waals surface area contributed by atoms with Gasteiger partial charge in [-0.05, 0) is 18.6 Å². The van der Waals surface area contributed by atoms with E-state index in [0.29, 0.717) is 6.54 Å². The second-order valence-electron chi connectivity index (χ2n) is 4.54. The molecular formula is C13H20N4O. The van der Waals surface area contributed by atoms with E-state index in [1.165, 1.54) is 0 Å². The highest BCUT2D eigenvalue weighted by atomic mass is 16.2. The van der Waals surface area contributed by atoms with E-state index in [-0.39, 0.29) is 11.9 Å². The average Bonchev–Trinajstić information content (AvgIpc) is 2.46. The lowest BCUT2D eigenvalue weighted by atomic mass is 10.2. The summed E-state index contributed by atoms with van der Waals surface area (Å²) >= 11 is 0. The van der Waals surface area contributed by atoms with Crippen LogP contribution < -0.4 is 10.6 Å². The molecule has 5 heteroatoms. The summed E-state index contributed by atoms with van der Waals surface area (Å²) < 4.78 is 0. The zero-order valence-corrected chi connectivity index (χ0v) is 10.7. The van der Waals surface area contributed by atoms with Crippen LogP contribution in [0, 0.1) is 0 Å². The van der Waals surface area contributed by atoms with Crippen LogP contribution >= 0.6 is 0 Å².